The minimum Gasteiger partial charge on any atom is -0.496 e. The molecule has 2 aliphatic rings. The number of benzene rings is 2. The van der Waals surface area contributed by atoms with Crippen molar-refractivity contribution in [3.8, 4) is 16.9 Å². The molecule has 8 nitrogen and oxygen atoms in total. The Labute approximate surface area is 207 Å². The summed E-state index contributed by atoms with van der Waals surface area (Å²) in [5, 5.41) is 14.6. The van der Waals surface area contributed by atoms with E-state index in [2.05, 4.69) is 42.9 Å². The number of halogens is 1. The molecule has 0 aliphatic carbocycles. The van der Waals surface area contributed by atoms with Gasteiger partial charge in [0.1, 0.15) is 23.7 Å². The SMILES string of the molecule is CN1C=C(F)CCC1.COc1cc2ncnc(Nc3ccc4c(c3)SCN4)c2cc1-c1cn[nH]c1. The lowest BCUT2D eigenvalue weighted by molar-refractivity contribution is 0.379. The number of nitrogens with zero attached hydrogens (tertiary/aromatic N) is 4. The summed E-state index contributed by atoms with van der Waals surface area (Å²) < 4.78 is 17.8. The lowest BCUT2D eigenvalue weighted by Gasteiger charge is -2.17. The van der Waals surface area contributed by atoms with Crippen molar-refractivity contribution in [3.05, 3.63) is 61.1 Å². The maximum Gasteiger partial charge on any atom is 0.141 e. The molecule has 4 aromatic rings. The van der Waals surface area contributed by atoms with Crippen molar-refractivity contribution in [1.82, 2.24) is 25.1 Å². The summed E-state index contributed by atoms with van der Waals surface area (Å²) in [7, 11) is 3.54. The largest absolute Gasteiger partial charge is 0.496 e. The zero-order valence-corrected chi connectivity index (χ0v) is 20.3. The molecule has 0 saturated heterocycles. The van der Waals surface area contributed by atoms with Crippen LogP contribution in [0.3, 0.4) is 0 Å². The topological polar surface area (TPSA) is 91.0 Å². The van der Waals surface area contributed by atoms with E-state index in [0.717, 1.165) is 58.1 Å². The van der Waals surface area contributed by atoms with Crippen LogP contribution >= 0.6 is 11.8 Å². The number of ether oxygens (including phenoxy) is 1. The third kappa shape index (κ3) is 5.17. The van der Waals surface area contributed by atoms with Crippen molar-refractivity contribution in [2.75, 3.05) is 37.2 Å². The zero-order valence-electron chi connectivity index (χ0n) is 19.5. The Morgan fingerprint density at radius 2 is 2.11 bits per heavy atom. The van der Waals surface area contributed by atoms with Crippen molar-refractivity contribution in [2.45, 2.75) is 17.7 Å². The fraction of sp³-hybridized carbons (Fsp3) is 0.240. The Morgan fingerprint density at radius 3 is 2.86 bits per heavy atom. The highest BCUT2D eigenvalue weighted by atomic mass is 32.2. The third-order valence-corrected chi connectivity index (χ3v) is 6.72. The fourth-order valence-electron chi connectivity index (χ4n) is 4.04. The van der Waals surface area contributed by atoms with Gasteiger partial charge in [-0.25, -0.2) is 14.4 Å². The first-order valence-electron chi connectivity index (χ1n) is 11.3. The van der Waals surface area contributed by atoms with Crippen LogP contribution in [0.15, 0.2) is 66.0 Å². The zero-order chi connectivity index (χ0) is 24.2. The van der Waals surface area contributed by atoms with E-state index in [1.807, 2.05) is 36.3 Å². The molecule has 10 heteroatoms. The van der Waals surface area contributed by atoms with E-state index in [4.69, 9.17) is 4.74 Å². The van der Waals surface area contributed by atoms with E-state index >= 15 is 0 Å². The minimum absolute atomic E-state index is 0.0127. The van der Waals surface area contributed by atoms with Gasteiger partial charge in [0.25, 0.3) is 0 Å². The maximum atomic E-state index is 12.3. The monoisotopic (exact) mass is 491 g/mol. The molecule has 2 aliphatic heterocycles. The molecule has 0 bridgehead atoms. The van der Waals surface area contributed by atoms with Crippen molar-refractivity contribution in [2.24, 2.45) is 0 Å². The van der Waals surface area contributed by atoms with Crippen molar-refractivity contribution in [1.29, 1.82) is 0 Å². The quantitative estimate of drug-likeness (QED) is 0.331. The predicted octanol–water partition coefficient (Wildman–Crippen LogP) is 5.77. The molecule has 0 amide bonds. The number of anilines is 3. The van der Waals surface area contributed by atoms with Gasteiger partial charge in [-0.1, -0.05) is 0 Å². The van der Waals surface area contributed by atoms with Crippen LogP contribution < -0.4 is 15.4 Å². The number of aromatic nitrogens is 4. The minimum atomic E-state index is 0.0127. The van der Waals surface area contributed by atoms with Gasteiger partial charge >= 0.3 is 0 Å². The number of H-pyrrole nitrogens is 1. The smallest absolute Gasteiger partial charge is 0.141 e. The highest BCUT2D eigenvalue weighted by Crippen LogP contribution is 2.38. The molecule has 180 valence electrons. The molecule has 3 N–H and O–H groups in total. The summed E-state index contributed by atoms with van der Waals surface area (Å²) >= 11 is 1.79. The average molecular weight is 492 g/mol. The van der Waals surface area contributed by atoms with Crippen LogP contribution in [-0.4, -0.2) is 51.6 Å². The molecule has 2 aromatic heterocycles. The molecule has 0 atom stereocenters. The number of hydrogen-bond acceptors (Lipinski definition) is 8. The number of fused-ring (bicyclic) bond motifs is 2. The summed E-state index contributed by atoms with van der Waals surface area (Å²) in [6.07, 6.45) is 8.31. The molecule has 6 rings (SSSR count). The van der Waals surface area contributed by atoms with Crippen molar-refractivity contribution >= 4 is 39.9 Å². The predicted molar refractivity (Wildman–Crippen MR) is 139 cm³/mol. The molecular formula is C25H26FN7OS. The van der Waals surface area contributed by atoms with Crippen molar-refractivity contribution < 1.29 is 9.13 Å². The van der Waals surface area contributed by atoms with Gasteiger partial charge in [0.2, 0.25) is 0 Å². The number of thioether (sulfide) groups is 1. The van der Waals surface area contributed by atoms with E-state index in [-0.39, 0.29) is 5.83 Å². The van der Waals surface area contributed by atoms with Crippen LogP contribution in [0.2, 0.25) is 0 Å². The second-order valence-electron chi connectivity index (χ2n) is 8.24. The van der Waals surface area contributed by atoms with Crippen LogP contribution in [0.4, 0.5) is 21.6 Å². The van der Waals surface area contributed by atoms with Gasteiger partial charge in [-0.2, -0.15) is 5.10 Å². The van der Waals surface area contributed by atoms with Gasteiger partial charge in [-0.3, -0.25) is 5.10 Å². The maximum absolute atomic E-state index is 12.3. The molecule has 35 heavy (non-hydrogen) atoms. The van der Waals surface area contributed by atoms with E-state index in [1.54, 1.807) is 37.6 Å². The Hall–Kier alpha value is -3.79. The van der Waals surface area contributed by atoms with Gasteiger partial charge in [0.05, 0.1) is 24.7 Å². The number of allylic oxidation sites excluding steroid dienone is 1. The third-order valence-electron chi connectivity index (χ3n) is 5.79. The normalized spacial score (nSPS) is 14.5. The van der Waals surface area contributed by atoms with Crippen LogP contribution in [-0.2, 0) is 0 Å². The van der Waals surface area contributed by atoms with Crippen molar-refractivity contribution in [3.63, 3.8) is 0 Å². The molecule has 0 fully saturated rings. The molecular weight excluding hydrogens is 465 g/mol. The molecule has 2 aromatic carbocycles. The Balaban J connectivity index is 0.000000271. The van der Waals surface area contributed by atoms with Crippen LogP contribution in [0.25, 0.3) is 22.0 Å². The Bertz CT molecular complexity index is 1360. The number of nitrogens with one attached hydrogen (secondary N) is 3. The van der Waals surface area contributed by atoms with E-state index < -0.39 is 0 Å². The summed E-state index contributed by atoms with van der Waals surface area (Å²) in [5.41, 5.74) is 4.86. The molecule has 0 saturated carbocycles. The van der Waals surface area contributed by atoms with Crippen LogP contribution in [0.5, 0.6) is 5.75 Å². The van der Waals surface area contributed by atoms with E-state index in [9.17, 15) is 4.39 Å². The number of rotatable bonds is 4. The molecule has 0 unspecified atom stereocenters. The first kappa shape index (κ1) is 23.0. The van der Waals surface area contributed by atoms with E-state index in [1.165, 1.54) is 10.6 Å². The second-order valence-corrected chi connectivity index (χ2v) is 9.26. The van der Waals surface area contributed by atoms with Gasteiger partial charge in [-0.15, -0.1) is 11.8 Å². The molecule has 0 spiro atoms. The summed E-state index contributed by atoms with van der Waals surface area (Å²) in [4.78, 5) is 12.0. The average Bonchev–Trinajstić information content (AvgIpc) is 3.56. The first-order valence-corrected chi connectivity index (χ1v) is 12.3. The Morgan fingerprint density at radius 1 is 1.20 bits per heavy atom. The summed E-state index contributed by atoms with van der Waals surface area (Å²) in [6, 6.07) is 10.2. The lowest BCUT2D eigenvalue weighted by Crippen LogP contribution is -2.16. The molecule has 0 radical (unpaired) electrons. The van der Waals surface area contributed by atoms with Gasteiger partial charge in [0.15, 0.2) is 0 Å². The second kappa shape index (κ2) is 10.2. The molecule has 4 heterocycles. The first-order chi connectivity index (χ1) is 17.1. The number of hydrogen-bond donors (Lipinski definition) is 3. The van der Waals surface area contributed by atoms with Gasteiger partial charge < -0.3 is 20.3 Å². The fourth-order valence-corrected chi connectivity index (χ4v) is 4.92. The standard InChI is InChI=1S/C19H16N6OS.C6H10FN/c1-26-17-6-16-14(5-13(17)11-7-23-24-8-11)19(21-9-20-16)25-12-2-3-15-18(4-12)27-10-22-15;1-8-4-2-3-6(7)5-8/h2-9,22H,10H2,1H3,(H,23,24)(H,20,21,25);5H,2-4H2,1H3. The lowest BCUT2D eigenvalue weighted by atomic mass is 10.1. The summed E-state index contributed by atoms with van der Waals surface area (Å²) in [6.45, 7) is 0.993. The van der Waals surface area contributed by atoms with Gasteiger partial charge in [-0.05, 0) is 30.7 Å². The van der Waals surface area contributed by atoms with E-state index in [0.29, 0.717) is 6.42 Å². The van der Waals surface area contributed by atoms with Gasteiger partial charge in [0, 0.05) is 71.3 Å². The Kier molecular flexibility index (Phi) is 6.71. The number of aromatic amines is 1. The summed E-state index contributed by atoms with van der Waals surface area (Å²) in [5.74, 6) is 2.42. The highest BCUT2D eigenvalue weighted by Gasteiger charge is 2.15. The van der Waals surface area contributed by atoms with Crippen LogP contribution in [0, 0.1) is 0 Å². The highest BCUT2D eigenvalue weighted by molar-refractivity contribution is 7.99. The number of methoxy groups -OCH3 is 1. The van der Waals surface area contributed by atoms with Crippen LogP contribution in [0.1, 0.15) is 12.8 Å².